The molecule has 1 N–H and O–H groups in total. The Morgan fingerprint density at radius 3 is 2.14 bits per heavy atom. The Balaban J connectivity index is 0.00000102. The molecule has 0 fully saturated rings. The topological polar surface area (TPSA) is 24.9 Å². The zero-order chi connectivity index (χ0) is 17.2. The molecule has 5 heteroatoms. The highest BCUT2D eigenvalue weighted by Crippen LogP contribution is 2.31. The lowest BCUT2D eigenvalue weighted by Gasteiger charge is -2.11. The molecule has 0 atom stereocenters. The molecule has 122 valence electrons. The Morgan fingerprint density at radius 1 is 0.955 bits per heavy atom. The molecule has 0 aliphatic heterocycles. The molecule has 0 aliphatic rings. The number of hydrogen-bond acceptors (Lipinski definition) is 2. The molecule has 0 amide bonds. The van der Waals surface area contributed by atoms with Crippen molar-refractivity contribution >= 4 is 11.5 Å². The van der Waals surface area contributed by atoms with Crippen molar-refractivity contribution in [3.05, 3.63) is 53.7 Å². The predicted octanol–water partition coefficient (Wildman–Crippen LogP) is 6.20. The number of anilines is 2. The van der Waals surface area contributed by atoms with Gasteiger partial charge in [-0.15, -0.1) is 0 Å². The molecule has 1 aromatic heterocycles. The monoisotopic (exact) mass is 312 g/mol. The average molecular weight is 312 g/mol. The van der Waals surface area contributed by atoms with Crippen molar-refractivity contribution in [1.82, 2.24) is 4.98 Å². The smallest absolute Gasteiger partial charge is 0.340 e. The fourth-order valence-corrected chi connectivity index (χ4v) is 1.53. The van der Waals surface area contributed by atoms with Crippen LogP contribution in [0.2, 0.25) is 0 Å². The lowest BCUT2D eigenvalue weighted by Crippen LogP contribution is -2.05. The molecular weight excluding hydrogens is 289 g/mol. The molecule has 0 bridgehead atoms. The third kappa shape index (κ3) is 6.16. The molecule has 2 nitrogen and oxygen atoms in total. The summed E-state index contributed by atoms with van der Waals surface area (Å²) in [6.07, 6.45) is -2.75. The molecule has 2 aromatic rings. The van der Waals surface area contributed by atoms with E-state index in [2.05, 4.69) is 10.3 Å². The Labute approximate surface area is 130 Å². The van der Waals surface area contributed by atoms with E-state index in [1.54, 1.807) is 18.3 Å². The molecule has 0 saturated heterocycles. The number of pyridine rings is 1. The highest BCUT2D eigenvalue weighted by atomic mass is 19.4. The van der Waals surface area contributed by atoms with Gasteiger partial charge < -0.3 is 5.32 Å². The minimum Gasteiger partial charge on any atom is -0.340 e. The zero-order valence-corrected chi connectivity index (χ0v) is 13.6. The van der Waals surface area contributed by atoms with Crippen LogP contribution in [0.15, 0.2) is 42.6 Å². The third-order valence-electron chi connectivity index (χ3n) is 2.46. The Kier molecular flexibility index (Phi) is 8.91. The number of hydrogen-bond donors (Lipinski definition) is 1. The molecule has 2 rings (SSSR count). The van der Waals surface area contributed by atoms with Crippen molar-refractivity contribution in [3.63, 3.8) is 0 Å². The van der Waals surface area contributed by atoms with Crippen LogP contribution in [0.4, 0.5) is 24.7 Å². The Morgan fingerprint density at radius 2 is 1.59 bits per heavy atom. The fraction of sp³-hybridized carbons (Fsp3) is 0.353. The summed E-state index contributed by atoms with van der Waals surface area (Å²) < 4.78 is 37.6. The van der Waals surface area contributed by atoms with Gasteiger partial charge >= 0.3 is 6.18 Å². The van der Waals surface area contributed by atoms with Gasteiger partial charge in [-0.05, 0) is 36.8 Å². The van der Waals surface area contributed by atoms with Crippen LogP contribution in [0.5, 0.6) is 0 Å². The molecule has 0 aliphatic carbocycles. The largest absolute Gasteiger partial charge is 0.416 e. The van der Waals surface area contributed by atoms with Crippen molar-refractivity contribution < 1.29 is 13.2 Å². The first-order valence-electron chi connectivity index (χ1n) is 7.33. The van der Waals surface area contributed by atoms with E-state index < -0.39 is 11.7 Å². The summed E-state index contributed by atoms with van der Waals surface area (Å²) in [5, 5.41) is 2.87. The van der Waals surface area contributed by atoms with E-state index in [1.165, 1.54) is 6.07 Å². The summed E-state index contributed by atoms with van der Waals surface area (Å²) in [5.74, 6) is 0.553. The van der Waals surface area contributed by atoms with Crippen molar-refractivity contribution in [2.75, 3.05) is 5.32 Å². The van der Waals surface area contributed by atoms with E-state index >= 15 is 0 Å². The van der Waals surface area contributed by atoms with E-state index in [1.807, 2.05) is 40.7 Å². The first kappa shape index (κ1) is 20.0. The van der Waals surface area contributed by atoms with Gasteiger partial charge in [-0.25, -0.2) is 4.98 Å². The average Bonchev–Trinajstić information content (AvgIpc) is 2.53. The Bertz CT molecular complexity index is 552. The minimum absolute atomic E-state index is 0.367. The van der Waals surface area contributed by atoms with E-state index in [0.29, 0.717) is 11.5 Å². The summed E-state index contributed by atoms with van der Waals surface area (Å²) in [6, 6.07) is 8.65. The van der Waals surface area contributed by atoms with Crippen LogP contribution in [-0.4, -0.2) is 4.98 Å². The summed E-state index contributed by atoms with van der Waals surface area (Å²) in [4.78, 5) is 4.07. The van der Waals surface area contributed by atoms with Gasteiger partial charge in [-0.2, -0.15) is 13.2 Å². The first-order chi connectivity index (χ1) is 10.5. The highest BCUT2D eigenvalue weighted by molar-refractivity contribution is 5.59. The lowest BCUT2D eigenvalue weighted by molar-refractivity contribution is -0.137. The van der Waals surface area contributed by atoms with E-state index in [4.69, 9.17) is 0 Å². The molecule has 22 heavy (non-hydrogen) atoms. The summed E-state index contributed by atoms with van der Waals surface area (Å²) >= 11 is 0. The fourth-order valence-electron chi connectivity index (χ4n) is 1.53. The zero-order valence-electron chi connectivity index (χ0n) is 13.6. The number of aromatic nitrogens is 1. The van der Waals surface area contributed by atoms with Crippen molar-refractivity contribution in [2.24, 2.45) is 0 Å². The minimum atomic E-state index is -4.34. The van der Waals surface area contributed by atoms with Crippen LogP contribution in [0.25, 0.3) is 0 Å². The second kappa shape index (κ2) is 9.82. The molecule has 0 unspecified atom stereocenters. The second-order valence-corrected chi connectivity index (χ2v) is 3.87. The number of rotatable bonds is 2. The molecule has 1 heterocycles. The molecule has 0 spiro atoms. The van der Waals surface area contributed by atoms with Gasteiger partial charge in [0.2, 0.25) is 0 Å². The van der Waals surface area contributed by atoms with Crippen molar-refractivity contribution in [3.8, 4) is 0 Å². The van der Waals surface area contributed by atoms with Gasteiger partial charge in [0.05, 0.1) is 5.56 Å². The van der Waals surface area contributed by atoms with Crippen LogP contribution in [0, 0.1) is 6.92 Å². The summed E-state index contributed by atoms with van der Waals surface area (Å²) in [5.41, 5.74) is 0.558. The van der Waals surface area contributed by atoms with Gasteiger partial charge in [-0.1, -0.05) is 39.8 Å². The van der Waals surface area contributed by atoms with E-state index in [-0.39, 0.29) is 0 Å². The standard InChI is InChI=1S/C13H11F3N2.2C2H6/c1-9-4-3-7-17-12(9)18-11-6-2-5-10(8-11)13(14,15)16;2*1-2/h2-8H,1H3,(H,17,18);2*1-2H3. The number of benzene rings is 1. The number of halogens is 3. The van der Waals surface area contributed by atoms with Crippen LogP contribution >= 0.6 is 0 Å². The van der Waals surface area contributed by atoms with Crippen LogP contribution in [0.1, 0.15) is 38.8 Å². The Hall–Kier alpha value is -2.04. The van der Waals surface area contributed by atoms with Gasteiger partial charge in [0.25, 0.3) is 0 Å². The van der Waals surface area contributed by atoms with E-state index in [0.717, 1.165) is 17.7 Å². The van der Waals surface area contributed by atoms with Crippen LogP contribution in [-0.2, 0) is 6.18 Å². The van der Waals surface area contributed by atoms with Crippen molar-refractivity contribution in [2.45, 2.75) is 40.8 Å². The number of nitrogens with zero attached hydrogens (tertiary/aromatic N) is 1. The van der Waals surface area contributed by atoms with E-state index in [9.17, 15) is 13.2 Å². The van der Waals surface area contributed by atoms with Crippen LogP contribution in [0.3, 0.4) is 0 Å². The SMILES string of the molecule is CC.CC.Cc1cccnc1Nc1cccc(C(F)(F)F)c1. The third-order valence-corrected chi connectivity index (χ3v) is 2.46. The predicted molar refractivity (Wildman–Crippen MR) is 86.4 cm³/mol. The summed E-state index contributed by atoms with van der Waals surface area (Å²) in [6.45, 7) is 9.84. The lowest BCUT2D eigenvalue weighted by atomic mass is 10.2. The maximum Gasteiger partial charge on any atom is 0.416 e. The second-order valence-electron chi connectivity index (χ2n) is 3.87. The number of alkyl halides is 3. The number of aryl methyl sites for hydroxylation is 1. The van der Waals surface area contributed by atoms with Crippen molar-refractivity contribution in [1.29, 1.82) is 0 Å². The summed E-state index contributed by atoms with van der Waals surface area (Å²) in [7, 11) is 0. The molecule has 1 aromatic carbocycles. The van der Waals surface area contributed by atoms with Gasteiger partial charge in [0, 0.05) is 11.9 Å². The molecule has 0 saturated carbocycles. The van der Waals surface area contributed by atoms with Crippen LogP contribution < -0.4 is 5.32 Å². The quantitative estimate of drug-likeness (QED) is 0.713. The van der Waals surface area contributed by atoms with Gasteiger partial charge in [0.1, 0.15) is 5.82 Å². The van der Waals surface area contributed by atoms with Gasteiger partial charge in [0.15, 0.2) is 0 Å². The highest BCUT2D eigenvalue weighted by Gasteiger charge is 2.30. The van der Waals surface area contributed by atoms with Gasteiger partial charge in [-0.3, -0.25) is 0 Å². The first-order valence-corrected chi connectivity index (χ1v) is 7.33. The molecule has 0 radical (unpaired) electrons. The maximum absolute atomic E-state index is 12.5. The molecular formula is C17H23F3N2. The normalized spacial score (nSPS) is 9.82. The maximum atomic E-state index is 12.5. The number of nitrogens with one attached hydrogen (secondary N) is 1.